The van der Waals surface area contributed by atoms with E-state index in [4.69, 9.17) is 4.99 Å². The van der Waals surface area contributed by atoms with Crippen molar-refractivity contribution < 1.29 is 0 Å². The van der Waals surface area contributed by atoms with Gasteiger partial charge < -0.3 is 5.32 Å². The summed E-state index contributed by atoms with van der Waals surface area (Å²) < 4.78 is 0. The summed E-state index contributed by atoms with van der Waals surface area (Å²) in [6.07, 6.45) is 2.44. The second-order valence-electron chi connectivity index (χ2n) is 5.62. The number of nitrogens with one attached hydrogen (secondary N) is 1. The van der Waals surface area contributed by atoms with Crippen LogP contribution in [0.3, 0.4) is 0 Å². The van der Waals surface area contributed by atoms with Gasteiger partial charge in [0.15, 0.2) is 5.17 Å². The summed E-state index contributed by atoms with van der Waals surface area (Å²) in [6.45, 7) is 9.78. The number of benzene rings is 1. The first kappa shape index (κ1) is 14.4. The van der Waals surface area contributed by atoms with Crippen LogP contribution in [0.2, 0.25) is 0 Å². The van der Waals surface area contributed by atoms with E-state index < -0.39 is 0 Å². The van der Waals surface area contributed by atoms with Crippen molar-refractivity contribution in [3.8, 4) is 0 Å². The van der Waals surface area contributed by atoms with E-state index in [1.807, 2.05) is 11.8 Å². The van der Waals surface area contributed by atoms with Gasteiger partial charge >= 0.3 is 0 Å². The number of thioether (sulfide) groups is 1. The van der Waals surface area contributed by atoms with Crippen LogP contribution in [0.1, 0.15) is 37.8 Å². The van der Waals surface area contributed by atoms with E-state index in [0.717, 1.165) is 17.4 Å². The Hall–Kier alpha value is -0.960. The lowest BCUT2D eigenvalue weighted by Crippen LogP contribution is -2.32. The van der Waals surface area contributed by atoms with Crippen molar-refractivity contribution in [1.82, 2.24) is 0 Å². The summed E-state index contributed by atoms with van der Waals surface area (Å²) in [7, 11) is 0. The predicted molar refractivity (Wildman–Crippen MR) is 87.3 cm³/mol. The summed E-state index contributed by atoms with van der Waals surface area (Å²) in [5.41, 5.74) is 4.16. The molecule has 0 amide bonds. The number of amidine groups is 1. The van der Waals surface area contributed by atoms with Crippen LogP contribution in [-0.2, 0) is 0 Å². The molecule has 1 N–H and O–H groups in total. The van der Waals surface area contributed by atoms with Gasteiger partial charge in [-0.1, -0.05) is 31.7 Å². The Morgan fingerprint density at radius 3 is 2.26 bits per heavy atom. The SMILES string of the molecule is CCC1(CC)CN=C(Nc2cc(C)cc(C)c2)SC1. The maximum Gasteiger partial charge on any atom is 0.161 e. The molecule has 3 heteroatoms. The third-order valence-electron chi connectivity index (χ3n) is 4.05. The topological polar surface area (TPSA) is 24.4 Å². The summed E-state index contributed by atoms with van der Waals surface area (Å²) in [6, 6.07) is 6.55. The van der Waals surface area contributed by atoms with Gasteiger partial charge in [-0.2, -0.15) is 0 Å². The fraction of sp³-hybridized carbons (Fsp3) is 0.562. The fourth-order valence-electron chi connectivity index (χ4n) is 2.48. The lowest BCUT2D eigenvalue weighted by Gasteiger charge is -2.33. The van der Waals surface area contributed by atoms with Gasteiger partial charge in [0, 0.05) is 18.0 Å². The zero-order valence-electron chi connectivity index (χ0n) is 12.4. The number of aliphatic imine (C=N–C) groups is 1. The van der Waals surface area contributed by atoms with Crippen LogP contribution < -0.4 is 5.32 Å². The number of nitrogens with zero attached hydrogens (tertiary/aromatic N) is 1. The van der Waals surface area contributed by atoms with Crippen LogP contribution in [0.5, 0.6) is 0 Å². The van der Waals surface area contributed by atoms with Crippen molar-refractivity contribution >= 4 is 22.6 Å². The molecule has 0 bridgehead atoms. The maximum atomic E-state index is 4.75. The number of aryl methyl sites for hydroxylation is 2. The van der Waals surface area contributed by atoms with Crippen molar-refractivity contribution in [3.05, 3.63) is 29.3 Å². The van der Waals surface area contributed by atoms with E-state index >= 15 is 0 Å². The Bertz CT molecular complexity index is 455. The molecule has 19 heavy (non-hydrogen) atoms. The van der Waals surface area contributed by atoms with Gasteiger partial charge in [0.2, 0.25) is 0 Å². The Morgan fingerprint density at radius 2 is 1.79 bits per heavy atom. The molecule has 1 heterocycles. The van der Waals surface area contributed by atoms with Gasteiger partial charge in [0.05, 0.1) is 0 Å². The Balaban J connectivity index is 2.07. The molecule has 1 aromatic rings. The molecular formula is C16H24N2S. The molecule has 1 aliphatic rings. The van der Waals surface area contributed by atoms with E-state index in [-0.39, 0.29) is 0 Å². The van der Waals surface area contributed by atoms with E-state index in [1.165, 1.54) is 29.7 Å². The lowest BCUT2D eigenvalue weighted by molar-refractivity contribution is 0.318. The third-order valence-corrected chi connectivity index (χ3v) is 5.31. The van der Waals surface area contributed by atoms with E-state index in [0.29, 0.717) is 5.41 Å². The van der Waals surface area contributed by atoms with Crippen LogP contribution in [0.4, 0.5) is 5.69 Å². The number of rotatable bonds is 3. The first-order chi connectivity index (χ1) is 9.07. The summed E-state index contributed by atoms with van der Waals surface area (Å²) in [5, 5.41) is 4.53. The molecule has 0 aromatic heterocycles. The number of hydrogen-bond acceptors (Lipinski definition) is 3. The van der Waals surface area contributed by atoms with Crippen LogP contribution in [0.25, 0.3) is 0 Å². The van der Waals surface area contributed by atoms with Gasteiger partial charge in [-0.05, 0) is 55.4 Å². The van der Waals surface area contributed by atoms with Crippen molar-refractivity contribution in [1.29, 1.82) is 0 Å². The molecule has 0 spiro atoms. The van der Waals surface area contributed by atoms with Crippen molar-refractivity contribution in [2.24, 2.45) is 10.4 Å². The molecule has 0 fully saturated rings. The smallest absolute Gasteiger partial charge is 0.161 e. The highest BCUT2D eigenvalue weighted by Crippen LogP contribution is 2.35. The molecular weight excluding hydrogens is 252 g/mol. The van der Waals surface area contributed by atoms with E-state index in [9.17, 15) is 0 Å². The summed E-state index contributed by atoms with van der Waals surface area (Å²) in [5.74, 6) is 1.18. The van der Waals surface area contributed by atoms with E-state index in [2.05, 4.69) is 51.2 Å². The minimum absolute atomic E-state index is 0.415. The maximum absolute atomic E-state index is 4.75. The first-order valence-corrected chi connectivity index (χ1v) is 8.08. The standard InChI is InChI=1S/C16H24N2S/c1-5-16(6-2)10-17-15(19-11-16)18-14-8-12(3)7-13(4)9-14/h7-9H,5-6,10-11H2,1-4H3,(H,17,18). The molecule has 1 aromatic carbocycles. The molecule has 0 saturated heterocycles. The average Bonchev–Trinajstić information content (AvgIpc) is 2.39. The second-order valence-corrected chi connectivity index (χ2v) is 6.58. The Labute approximate surface area is 121 Å². The minimum atomic E-state index is 0.415. The highest BCUT2D eigenvalue weighted by Gasteiger charge is 2.30. The van der Waals surface area contributed by atoms with Crippen molar-refractivity contribution in [3.63, 3.8) is 0 Å². The van der Waals surface area contributed by atoms with Gasteiger partial charge in [-0.25, -0.2) is 0 Å². The van der Waals surface area contributed by atoms with Crippen molar-refractivity contribution in [2.45, 2.75) is 40.5 Å². The summed E-state index contributed by atoms with van der Waals surface area (Å²) in [4.78, 5) is 4.75. The summed E-state index contributed by atoms with van der Waals surface area (Å²) >= 11 is 1.86. The van der Waals surface area contributed by atoms with Crippen LogP contribution in [-0.4, -0.2) is 17.5 Å². The predicted octanol–water partition coefficient (Wildman–Crippen LogP) is 4.62. The van der Waals surface area contributed by atoms with Crippen molar-refractivity contribution in [2.75, 3.05) is 17.6 Å². The second kappa shape index (κ2) is 6.00. The average molecular weight is 276 g/mol. The van der Waals surface area contributed by atoms with Crippen LogP contribution in [0.15, 0.2) is 23.2 Å². The Morgan fingerprint density at radius 1 is 1.16 bits per heavy atom. The molecule has 0 radical (unpaired) electrons. The zero-order valence-corrected chi connectivity index (χ0v) is 13.2. The quantitative estimate of drug-likeness (QED) is 0.870. The molecule has 0 aliphatic carbocycles. The van der Waals surface area contributed by atoms with Crippen LogP contribution >= 0.6 is 11.8 Å². The molecule has 0 atom stereocenters. The third kappa shape index (κ3) is 3.53. The van der Waals surface area contributed by atoms with Gasteiger partial charge in [0.25, 0.3) is 0 Å². The highest BCUT2D eigenvalue weighted by atomic mass is 32.2. The molecule has 0 unspecified atom stereocenters. The molecule has 0 saturated carbocycles. The van der Waals surface area contributed by atoms with Gasteiger partial charge in [0.1, 0.15) is 0 Å². The molecule has 2 nitrogen and oxygen atoms in total. The first-order valence-electron chi connectivity index (χ1n) is 7.09. The zero-order chi connectivity index (χ0) is 13.9. The van der Waals surface area contributed by atoms with Gasteiger partial charge in [-0.3, -0.25) is 4.99 Å². The van der Waals surface area contributed by atoms with Gasteiger partial charge in [-0.15, -0.1) is 0 Å². The van der Waals surface area contributed by atoms with E-state index in [1.54, 1.807) is 0 Å². The molecule has 2 rings (SSSR count). The molecule has 1 aliphatic heterocycles. The Kier molecular flexibility index (Phi) is 4.56. The normalized spacial score (nSPS) is 18.0. The molecule has 104 valence electrons. The fourth-order valence-corrected chi connectivity index (χ4v) is 3.76. The minimum Gasteiger partial charge on any atom is -0.335 e. The number of anilines is 1. The monoisotopic (exact) mass is 276 g/mol. The highest BCUT2D eigenvalue weighted by molar-refractivity contribution is 8.14. The largest absolute Gasteiger partial charge is 0.335 e. The van der Waals surface area contributed by atoms with Crippen LogP contribution in [0, 0.1) is 19.3 Å². The lowest BCUT2D eigenvalue weighted by atomic mass is 9.84. The number of hydrogen-bond donors (Lipinski definition) is 1.